The van der Waals surface area contributed by atoms with Crippen LogP contribution in [0.2, 0.25) is 0 Å². The number of rotatable bonds is 3. The van der Waals surface area contributed by atoms with Crippen LogP contribution in [-0.2, 0) is 0 Å². The molecule has 0 atom stereocenters. The summed E-state index contributed by atoms with van der Waals surface area (Å²) in [5.41, 5.74) is 1.17. The minimum atomic E-state index is 0.139. The molecule has 1 nitrogen and oxygen atoms in total. The van der Waals surface area contributed by atoms with Gasteiger partial charge in [0, 0.05) is 0 Å². The summed E-state index contributed by atoms with van der Waals surface area (Å²) in [5, 5.41) is 8.35. The van der Waals surface area contributed by atoms with Crippen molar-refractivity contribution in [2.45, 2.75) is 13.3 Å². The van der Waals surface area contributed by atoms with Gasteiger partial charge >= 0.3 is 0 Å². The Kier molecular flexibility index (Phi) is 4.27. The van der Waals surface area contributed by atoms with E-state index in [0.29, 0.717) is 0 Å². The van der Waals surface area contributed by atoms with Crippen LogP contribution in [0.4, 0.5) is 0 Å². The largest absolute Gasteiger partial charge is 0.392 e. The molecular weight excluding hydrogens is 100 g/mol. The van der Waals surface area contributed by atoms with Crippen LogP contribution in [0.5, 0.6) is 0 Å². The average Bonchev–Trinajstić information content (AvgIpc) is 1.68. The Morgan fingerprint density at radius 2 is 2.38 bits per heavy atom. The normalized spacial score (nSPS) is 11.5. The molecule has 0 aliphatic rings. The zero-order chi connectivity index (χ0) is 6.41. The smallest absolute Gasteiger partial charge is 0.0615 e. The van der Waals surface area contributed by atoms with Crippen LogP contribution in [0.25, 0.3) is 0 Å². The second-order valence-electron chi connectivity index (χ2n) is 1.73. The van der Waals surface area contributed by atoms with Gasteiger partial charge in [0.1, 0.15) is 0 Å². The first kappa shape index (κ1) is 7.44. The molecule has 0 heterocycles. The van der Waals surface area contributed by atoms with E-state index in [1.165, 1.54) is 5.57 Å². The fraction of sp³-hybridized carbons (Fsp3) is 0.429. The summed E-state index contributed by atoms with van der Waals surface area (Å²) in [4.78, 5) is 0. The van der Waals surface area contributed by atoms with Gasteiger partial charge in [0.2, 0.25) is 0 Å². The molecule has 0 saturated heterocycles. The van der Waals surface area contributed by atoms with Crippen LogP contribution in [0, 0.1) is 0 Å². The molecule has 0 fully saturated rings. The zero-order valence-corrected chi connectivity index (χ0v) is 5.22. The summed E-state index contributed by atoms with van der Waals surface area (Å²) >= 11 is 0. The van der Waals surface area contributed by atoms with E-state index in [2.05, 4.69) is 6.58 Å². The van der Waals surface area contributed by atoms with Crippen molar-refractivity contribution in [2.24, 2.45) is 0 Å². The van der Waals surface area contributed by atoms with E-state index in [9.17, 15) is 0 Å². The van der Waals surface area contributed by atoms with Crippen molar-refractivity contribution < 1.29 is 5.11 Å². The minimum absolute atomic E-state index is 0.139. The molecule has 46 valence electrons. The van der Waals surface area contributed by atoms with Crippen molar-refractivity contribution in [3.63, 3.8) is 0 Å². The molecule has 0 saturated carbocycles. The van der Waals surface area contributed by atoms with Gasteiger partial charge in [0.05, 0.1) is 6.61 Å². The maximum Gasteiger partial charge on any atom is 0.0615 e. The third kappa shape index (κ3) is 3.62. The molecule has 0 aromatic rings. The van der Waals surface area contributed by atoms with Crippen LogP contribution < -0.4 is 0 Å². The molecule has 0 radical (unpaired) electrons. The molecule has 0 unspecified atom stereocenters. The van der Waals surface area contributed by atoms with E-state index < -0.39 is 0 Å². The number of hydrogen-bond donors (Lipinski definition) is 1. The van der Waals surface area contributed by atoms with Gasteiger partial charge in [-0.2, -0.15) is 0 Å². The molecule has 1 N–H and O–H groups in total. The van der Waals surface area contributed by atoms with Crippen LogP contribution in [-0.4, -0.2) is 11.7 Å². The van der Waals surface area contributed by atoms with Crippen molar-refractivity contribution in [3.05, 3.63) is 24.3 Å². The lowest BCUT2D eigenvalue weighted by molar-refractivity contribution is 0.341. The standard InChI is InChI=1S/C7H12O/c1-3-4-7(2)5-6-8/h3,5,8H,1,4,6H2,2H3/b7-5-. The third-order valence-electron chi connectivity index (χ3n) is 0.906. The Morgan fingerprint density at radius 1 is 1.75 bits per heavy atom. The van der Waals surface area contributed by atoms with Crippen molar-refractivity contribution in [3.8, 4) is 0 Å². The maximum atomic E-state index is 8.35. The molecule has 0 rings (SSSR count). The van der Waals surface area contributed by atoms with Gasteiger partial charge in [0.25, 0.3) is 0 Å². The van der Waals surface area contributed by atoms with Gasteiger partial charge in [-0.1, -0.05) is 17.7 Å². The van der Waals surface area contributed by atoms with Gasteiger partial charge in [-0.3, -0.25) is 0 Å². The number of allylic oxidation sites excluding steroid dienone is 2. The first-order valence-corrected chi connectivity index (χ1v) is 2.68. The average molecular weight is 112 g/mol. The van der Waals surface area contributed by atoms with Gasteiger partial charge in [-0.15, -0.1) is 6.58 Å². The molecule has 8 heavy (non-hydrogen) atoms. The van der Waals surface area contributed by atoms with Crippen molar-refractivity contribution in [1.29, 1.82) is 0 Å². The number of aliphatic hydroxyl groups excluding tert-OH is 1. The minimum Gasteiger partial charge on any atom is -0.392 e. The molecule has 0 amide bonds. The molecule has 0 aromatic carbocycles. The molecule has 0 bridgehead atoms. The predicted octanol–water partition coefficient (Wildman–Crippen LogP) is 1.50. The molecule has 1 heteroatoms. The van der Waals surface area contributed by atoms with E-state index in [1.54, 1.807) is 6.08 Å². The third-order valence-corrected chi connectivity index (χ3v) is 0.906. The molecular formula is C7H12O. The summed E-state index contributed by atoms with van der Waals surface area (Å²) in [6.07, 6.45) is 4.48. The SMILES string of the molecule is C=CC/C(C)=C\CO. The Labute approximate surface area is 50.3 Å². The highest BCUT2D eigenvalue weighted by Gasteiger charge is 1.79. The van der Waals surface area contributed by atoms with E-state index in [0.717, 1.165) is 6.42 Å². The lowest BCUT2D eigenvalue weighted by Crippen LogP contribution is -1.76. The molecule has 0 aliphatic heterocycles. The molecule has 0 spiro atoms. The summed E-state index contributed by atoms with van der Waals surface area (Å²) in [7, 11) is 0. The Hall–Kier alpha value is -0.560. The second kappa shape index (κ2) is 4.60. The lowest BCUT2D eigenvalue weighted by atomic mass is 10.2. The van der Waals surface area contributed by atoms with E-state index in [1.807, 2.05) is 13.0 Å². The van der Waals surface area contributed by atoms with Crippen LogP contribution in [0.1, 0.15) is 13.3 Å². The van der Waals surface area contributed by atoms with E-state index >= 15 is 0 Å². The monoisotopic (exact) mass is 112 g/mol. The number of aliphatic hydroxyl groups is 1. The van der Waals surface area contributed by atoms with E-state index in [4.69, 9.17) is 5.11 Å². The first-order valence-electron chi connectivity index (χ1n) is 2.68. The summed E-state index contributed by atoms with van der Waals surface area (Å²) in [6.45, 7) is 5.67. The summed E-state index contributed by atoms with van der Waals surface area (Å²) in [6, 6.07) is 0. The van der Waals surface area contributed by atoms with Crippen LogP contribution >= 0.6 is 0 Å². The van der Waals surface area contributed by atoms with Crippen molar-refractivity contribution in [1.82, 2.24) is 0 Å². The second-order valence-corrected chi connectivity index (χ2v) is 1.73. The topological polar surface area (TPSA) is 20.2 Å². The first-order chi connectivity index (χ1) is 3.81. The Morgan fingerprint density at radius 3 is 2.75 bits per heavy atom. The van der Waals surface area contributed by atoms with Crippen LogP contribution in [0.3, 0.4) is 0 Å². The summed E-state index contributed by atoms with van der Waals surface area (Å²) < 4.78 is 0. The van der Waals surface area contributed by atoms with Crippen LogP contribution in [0.15, 0.2) is 24.3 Å². The number of hydrogen-bond acceptors (Lipinski definition) is 1. The van der Waals surface area contributed by atoms with Gasteiger partial charge in [0.15, 0.2) is 0 Å². The van der Waals surface area contributed by atoms with Crippen molar-refractivity contribution in [2.75, 3.05) is 6.61 Å². The van der Waals surface area contributed by atoms with Gasteiger partial charge in [-0.25, -0.2) is 0 Å². The van der Waals surface area contributed by atoms with Gasteiger partial charge < -0.3 is 5.11 Å². The fourth-order valence-electron chi connectivity index (χ4n) is 0.467. The Balaban J connectivity index is 3.44. The highest BCUT2D eigenvalue weighted by molar-refractivity contribution is 5.02. The Bertz CT molecular complexity index is 92.6. The fourth-order valence-corrected chi connectivity index (χ4v) is 0.467. The lowest BCUT2D eigenvalue weighted by Gasteiger charge is -1.90. The van der Waals surface area contributed by atoms with Crippen molar-refractivity contribution >= 4 is 0 Å². The highest BCUT2D eigenvalue weighted by atomic mass is 16.2. The van der Waals surface area contributed by atoms with E-state index in [-0.39, 0.29) is 6.61 Å². The predicted molar refractivity (Wildman–Crippen MR) is 35.7 cm³/mol. The summed E-state index contributed by atoms with van der Waals surface area (Å²) in [5.74, 6) is 0. The maximum absolute atomic E-state index is 8.35. The zero-order valence-electron chi connectivity index (χ0n) is 5.22. The molecule has 0 aromatic heterocycles. The van der Waals surface area contributed by atoms with Gasteiger partial charge in [-0.05, 0) is 13.3 Å². The highest BCUT2D eigenvalue weighted by Crippen LogP contribution is 1.97. The molecule has 0 aliphatic carbocycles. The quantitative estimate of drug-likeness (QED) is 0.548.